The van der Waals surface area contributed by atoms with Crippen LogP contribution in [0, 0.1) is 11.3 Å². The molecule has 4 nitrogen and oxygen atoms in total. The van der Waals surface area contributed by atoms with E-state index in [0.717, 1.165) is 0 Å². The Morgan fingerprint density at radius 2 is 2.21 bits per heavy atom. The lowest BCUT2D eigenvalue weighted by Crippen LogP contribution is -2.01. The molecular formula is C13H10ClN3OS. The Morgan fingerprint density at radius 3 is 2.89 bits per heavy atom. The van der Waals surface area contributed by atoms with Gasteiger partial charge in [0.2, 0.25) is 0 Å². The van der Waals surface area contributed by atoms with E-state index in [2.05, 4.69) is 4.98 Å². The second-order valence-corrected chi connectivity index (χ2v) is 5.63. The molecule has 96 valence electrons. The maximum absolute atomic E-state index is 12.3. The maximum Gasteiger partial charge on any atom is 0.144 e. The number of halogens is 1. The molecule has 6 heteroatoms. The molecule has 2 rings (SSSR count). The third kappa shape index (κ3) is 3.11. The van der Waals surface area contributed by atoms with Crippen molar-refractivity contribution in [3.8, 4) is 6.07 Å². The lowest BCUT2D eigenvalue weighted by Gasteiger charge is -2.06. The van der Waals surface area contributed by atoms with E-state index < -0.39 is 10.8 Å². The van der Waals surface area contributed by atoms with Crippen LogP contribution in [0.15, 0.2) is 41.4 Å². The Morgan fingerprint density at radius 1 is 1.42 bits per heavy atom. The Labute approximate surface area is 118 Å². The van der Waals surface area contributed by atoms with Crippen molar-refractivity contribution in [3.63, 3.8) is 0 Å². The van der Waals surface area contributed by atoms with Crippen LogP contribution in [0.1, 0.15) is 11.3 Å². The summed E-state index contributed by atoms with van der Waals surface area (Å²) < 4.78 is 12.3. The Balaban J connectivity index is 2.29. The molecule has 2 N–H and O–H groups in total. The van der Waals surface area contributed by atoms with Crippen LogP contribution >= 0.6 is 11.6 Å². The largest absolute Gasteiger partial charge is 0.399 e. The number of rotatable bonds is 3. The van der Waals surface area contributed by atoms with Gasteiger partial charge in [-0.1, -0.05) is 17.7 Å². The zero-order chi connectivity index (χ0) is 13.8. The third-order valence-electron chi connectivity index (χ3n) is 2.48. The van der Waals surface area contributed by atoms with Gasteiger partial charge in [0, 0.05) is 17.4 Å². The molecule has 0 aliphatic carbocycles. The molecule has 0 aliphatic rings. The Hall–Kier alpha value is -1.90. The molecule has 1 heterocycles. The zero-order valence-electron chi connectivity index (χ0n) is 9.84. The average molecular weight is 292 g/mol. The fourth-order valence-electron chi connectivity index (χ4n) is 1.58. The van der Waals surface area contributed by atoms with E-state index in [1.54, 1.807) is 30.3 Å². The summed E-state index contributed by atoms with van der Waals surface area (Å²) in [6, 6.07) is 10.3. The lowest BCUT2D eigenvalue weighted by atomic mass is 10.2. The number of nitrogen functional groups attached to an aromatic ring is 1. The van der Waals surface area contributed by atoms with Crippen molar-refractivity contribution in [1.82, 2.24) is 4.98 Å². The smallest absolute Gasteiger partial charge is 0.144 e. The van der Waals surface area contributed by atoms with E-state index >= 15 is 0 Å². The lowest BCUT2D eigenvalue weighted by molar-refractivity contribution is 0.682. The van der Waals surface area contributed by atoms with Crippen LogP contribution in [-0.2, 0) is 16.6 Å². The number of hydrogen-bond donors (Lipinski definition) is 1. The quantitative estimate of drug-likeness (QED) is 0.881. The topological polar surface area (TPSA) is 79.8 Å². The summed E-state index contributed by atoms with van der Waals surface area (Å²) in [6.07, 6.45) is 1.53. The zero-order valence-corrected chi connectivity index (χ0v) is 11.4. The van der Waals surface area contributed by atoms with Crippen molar-refractivity contribution in [2.75, 3.05) is 5.73 Å². The van der Waals surface area contributed by atoms with Gasteiger partial charge in [-0.25, -0.2) is 4.98 Å². The van der Waals surface area contributed by atoms with Crippen molar-refractivity contribution in [3.05, 3.63) is 52.8 Å². The fourth-order valence-corrected chi connectivity index (χ4v) is 3.19. The van der Waals surface area contributed by atoms with Crippen molar-refractivity contribution in [2.24, 2.45) is 0 Å². The molecule has 0 fully saturated rings. The molecule has 1 aromatic carbocycles. The van der Waals surface area contributed by atoms with Crippen LogP contribution in [0.4, 0.5) is 5.69 Å². The molecule has 0 bridgehead atoms. The van der Waals surface area contributed by atoms with E-state index in [0.29, 0.717) is 21.2 Å². The average Bonchev–Trinajstić information content (AvgIpc) is 2.39. The molecule has 2 aromatic rings. The standard InChI is InChI=1S/C13H10ClN3OS/c14-11-6-10(16)3-4-13(11)19(18)8-9-2-1-5-17-12(9)7-15/h1-6H,8,16H2. The second kappa shape index (κ2) is 5.83. The highest BCUT2D eigenvalue weighted by molar-refractivity contribution is 7.84. The number of nitrogens with zero attached hydrogens (tertiary/aromatic N) is 2. The van der Waals surface area contributed by atoms with Crippen LogP contribution in [0.5, 0.6) is 0 Å². The van der Waals surface area contributed by atoms with Crippen molar-refractivity contribution in [2.45, 2.75) is 10.6 Å². The van der Waals surface area contributed by atoms with Crippen LogP contribution in [0.3, 0.4) is 0 Å². The molecule has 0 aliphatic heterocycles. The van der Waals surface area contributed by atoms with E-state index in [1.807, 2.05) is 6.07 Å². The molecule has 1 aromatic heterocycles. The molecule has 0 saturated heterocycles. The number of aromatic nitrogens is 1. The SMILES string of the molecule is N#Cc1ncccc1CS(=O)c1ccc(N)cc1Cl. The first-order valence-electron chi connectivity index (χ1n) is 5.39. The van der Waals surface area contributed by atoms with E-state index in [9.17, 15) is 4.21 Å². The van der Waals surface area contributed by atoms with Gasteiger partial charge in [-0.2, -0.15) is 5.26 Å². The predicted octanol–water partition coefficient (Wildman–Crippen LogP) is 2.50. The second-order valence-electron chi connectivity index (χ2n) is 3.80. The summed E-state index contributed by atoms with van der Waals surface area (Å²) >= 11 is 6.01. The minimum atomic E-state index is -1.34. The summed E-state index contributed by atoms with van der Waals surface area (Å²) in [6.45, 7) is 0. The van der Waals surface area contributed by atoms with Crippen LogP contribution < -0.4 is 5.73 Å². The number of benzene rings is 1. The number of pyridine rings is 1. The first kappa shape index (κ1) is 13.5. The highest BCUT2D eigenvalue weighted by Crippen LogP contribution is 2.24. The van der Waals surface area contributed by atoms with E-state index in [-0.39, 0.29) is 11.4 Å². The van der Waals surface area contributed by atoms with E-state index in [4.69, 9.17) is 22.6 Å². The van der Waals surface area contributed by atoms with Gasteiger partial charge >= 0.3 is 0 Å². The molecule has 0 saturated carbocycles. The minimum Gasteiger partial charge on any atom is -0.399 e. The van der Waals surface area contributed by atoms with Crippen molar-refractivity contribution < 1.29 is 4.21 Å². The van der Waals surface area contributed by atoms with Gasteiger partial charge in [-0.05, 0) is 24.3 Å². The molecule has 0 radical (unpaired) electrons. The summed E-state index contributed by atoms with van der Waals surface area (Å²) in [4.78, 5) is 4.44. The molecular weight excluding hydrogens is 282 g/mol. The number of hydrogen-bond acceptors (Lipinski definition) is 4. The maximum atomic E-state index is 12.3. The minimum absolute atomic E-state index is 0.195. The van der Waals surface area contributed by atoms with Gasteiger partial charge in [0.15, 0.2) is 0 Å². The van der Waals surface area contributed by atoms with Crippen LogP contribution in [0.2, 0.25) is 5.02 Å². The van der Waals surface area contributed by atoms with Gasteiger partial charge in [0.25, 0.3) is 0 Å². The normalized spacial score (nSPS) is 11.8. The fraction of sp³-hybridized carbons (Fsp3) is 0.0769. The molecule has 19 heavy (non-hydrogen) atoms. The first-order chi connectivity index (χ1) is 9.11. The summed E-state index contributed by atoms with van der Waals surface area (Å²) in [7, 11) is -1.34. The van der Waals surface area contributed by atoms with Gasteiger partial charge in [0.1, 0.15) is 11.8 Å². The Bertz CT molecular complexity index is 682. The molecule has 0 spiro atoms. The highest BCUT2D eigenvalue weighted by atomic mass is 35.5. The van der Waals surface area contributed by atoms with Crippen LogP contribution in [0.25, 0.3) is 0 Å². The number of nitriles is 1. The molecule has 1 atom stereocenters. The van der Waals surface area contributed by atoms with Crippen molar-refractivity contribution >= 4 is 28.1 Å². The summed E-state index contributed by atoms with van der Waals surface area (Å²) in [5.74, 6) is 0.195. The van der Waals surface area contributed by atoms with Gasteiger partial charge in [-0.15, -0.1) is 0 Å². The van der Waals surface area contributed by atoms with Crippen LogP contribution in [-0.4, -0.2) is 9.19 Å². The first-order valence-corrected chi connectivity index (χ1v) is 7.09. The van der Waals surface area contributed by atoms with Gasteiger partial charge < -0.3 is 5.73 Å². The number of anilines is 1. The van der Waals surface area contributed by atoms with Gasteiger partial charge in [-0.3, -0.25) is 4.21 Å². The van der Waals surface area contributed by atoms with E-state index in [1.165, 1.54) is 6.20 Å². The summed E-state index contributed by atoms with van der Waals surface area (Å²) in [5, 5.41) is 9.30. The van der Waals surface area contributed by atoms with Gasteiger partial charge in [0.05, 0.1) is 26.5 Å². The molecule has 0 amide bonds. The summed E-state index contributed by atoms with van der Waals surface area (Å²) in [5.41, 5.74) is 7.02. The predicted molar refractivity (Wildman–Crippen MR) is 74.9 cm³/mol. The number of nitrogens with two attached hydrogens (primary N) is 1. The third-order valence-corrected chi connectivity index (χ3v) is 4.33. The Kier molecular flexibility index (Phi) is 4.15. The monoisotopic (exact) mass is 291 g/mol. The van der Waals surface area contributed by atoms with Crippen molar-refractivity contribution in [1.29, 1.82) is 5.26 Å². The highest BCUT2D eigenvalue weighted by Gasteiger charge is 2.12. The molecule has 1 unspecified atom stereocenters.